The summed E-state index contributed by atoms with van der Waals surface area (Å²) in [6.45, 7) is 4.56. The Morgan fingerprint density at radius 1 is 1.25 bits per heavy atom. The Labute approximate surface area is 116 Å². The summed E-state index contributed by atoms with van der Waals surface area (Å²) in [5, 5.41) is 4.34. The van der Waals surface area contributed by atoms with E-state index in [1.54, 1.807) is 4.68 Å². The van der Waals surface area contributed by atoms with E-state index in [0.29, 0.717) is 6.54 Å². The lowest BCUT2D eigenvalue weighted by molar-refractivity contribution is 0.0986. The highest BCUT2D eigenvalue weighted by molar-refractivity contribution is 5.97. The fraction of sp³-hybridized carbons (Fsp3) is 0.333. The van der Waals surface area contributed by atoms with Crippen molar-refractivity contribution in [1.82, 2.24) is 9.78 Å². The molecule has 0 atom stereocenters. The van der Waals surface area contributed by atoms with Crippen LogP contribution in [0.2, 0.25) is 0 Å². The van der Waals surface area contributed by atoms with Crippen molar-refractivity contribution in [2.24, 2.45) is 0 Å². The molecule has 1 aromatic carbocycles. The van der Waals surface area contributed by atoms with Crippen molar-refractivity contribution in [1.29, 1.82) is 0 Å². The molecule has 0 radical (unpaired) electrons. The van der Waals surface area contributed by atoms with Crippen LogP contribution in [-0.4, -0.2) is 15.6 Å². The van der Waals surface area contributed by atoms with Gasteiger partial charge in [-0.1, -0.05) is 6.92 Å². The second-order valence-corrected chi connectivity index (χ2v) is 4.52. The first-order valence-corrected chi connectivity index (χ1v) is 6.59. The summed E-state index contributed by atoms with van der Waals surface area (Å²) in [5.74, 6) is -1.89. The molecule has 2 aromatic rings. The zero-order valence-electron chi connectivity index (χ0n) is 11.5. The number of hydrogen-bond acceptors (Lipinski definition) is 2. The Bertz CT molecular complexity index is 635. The smallest absolute Gasteiger partial charge is 0.171 e. The standard InChI is InChI=1S/C15H16F2N2O/c1-3-11-8-12(19(4-2)18-11)9-15(20)13-6-5-10(16)7-14(13)17/h5-8H,3-4,9H2,1-2H3. The number of carbonyl (C=O) groups excluding carboxylic acids is 1. The van der Waals surface area contributed by atoms with Crippen LogP contribution in [0.4, 0.5) is 8.78 Å². The lowest BCUT2D eigenvalue weighted by Gasteiger charge is -2.05. The van der Waals surface area contributed by atoms with Gasteiger partial charge in [0.15, 0.2) is 5.78 Å². The van der Waals surface area contributed by atoms with Crippen LogP contribution in [0.3, 0.4) is 0 Å². The molecule has 0 bridgehead atoms. The SMILES string of the molecule is CCc1cc(CC(=O)c2ccc(F)cc2F)n(CC)n1. The highest BCUT2D eigenvalue weighted by atomic mass is 19.1. The first-order chi connectivity index (χ1) is 9.55. The van der Waals surface area contributed by atoms with E-state index in [0.717, 1.165) is 29.9 Å². The Morgan fingerprint density at radius 3 is 2.60 bits per heavy atom. The van der Waals surface area contributed by atoms with Crippen LogP contribution in [-0.2, 0) is 19.4 Å². The number of Topliss-reactive ketones (excluding diaryl/α,β-unsaturated/α-hetero) is 1. The van der Waals surface area contributed by atoms with Crippen LogP contribution in [0.25, 0.3) is 0 Å². The van der Waals surface area contributed by atoms with Crippen molar-refractivity contribution in [3.8, 4) is 0 Å². The van der Waals surface area contributed by atoms with Crippen molar-refractivity contribution in [3.63, 3.8) is 0 Å². The van der Waals surface area contributed by atoms with Crippen LogP contribution >= 0.6 is 0 Å². The minimum Gasteiger partial charge on any atom is -0.294 e. The van der Waals surface area contributed by atoms with E-state index in [1.807, 2.05) is 19.9 Å². The number of rotatable bonds is 5. The Hall–Kier alpha value is -2.04. The molecular weight excluding hydrogens is 262 g/mol. The van der Waals surface area contributed by atoms with Gasteiger partial charge in [0.05, 0.1) is 17.7 Å². The minimum atomic E-state index is -0.826. The Morgan fingerprint density at radius 2 is 2.00 bits per heavy atom. The number of halogens is 2. The van der Waals surface area contributed by atoms with Crippen molar-refractivity contribution >= 4 is 5.78 Å². The summed E-state index contributed by atoms with van der Waals surface area (Å²) in [7, 11) is 0. The van der Waals surface area contributed by atoms with E-state index in [-0.39, 0.29) is 17.8 Å². The van der Waals surface area contributed by atoms with E-state index < -0.39 is 11.6 Å². The lowest BCUT2D eigenvalue weighted by Crippen LogP contribution is -2.11. The first-order valence-electron chi connectivity index (χ1n) is 6.59. The molecule has 3 nitrogen and oxygen atoms in total. The van der Waals surface area contributed by atoms with Crippen molar-refractivity contribution in [2.75, 3.05) is 0 Å². The van der Waals surface area contributed by atoms with Crippen molar-refractivity contribution < 1.29 is 13.6 Å². The zero-order chi connectivity index (χ0) is 14.7. The molecule has 0 spiro atoms. The van der Waals surface area contributed by atoms with Gasteiger partial charge >= 0.3 is 0 Å². The maximum Gasteiger partial charge on any atom is 0.171 e. The molecule has 0 amide bonds. The molecular formula is C15H16F2N2O. The molecule has 20 heavy (non-hydrogen) atoms. The molecule has 0 aliphatic carbocycles. The van der Waals surface area contributed by atoms with E-state index in [1.165, 1.54) is 6.07 Å². The highest BCUT2D eigenvalue weighted by Crippen LogP contribution is 2.14. The van der Waals surface area contributed by atoms with Crippen LogP contribution in [0, 0.1) is 11.6 Å². The second-order valence-electron chi connectivity index (χ2n) is 4.52. The summed E-state index contributed by atoms with van der Waals surface area (Å²) in [6.07, 6.45) is 0.836. The molecule has 5 heteroatoms. The van der Waals surface area contributed by atoms with E-state index >= 15 is 0 Å². The first kappa shape index (κ1) is 14.4. The van der Waals surface area contributed by atoms with Gasteiger partial charge in [-0.25, -0.2) is 8.78 Å². The van der Waals surface area contributed by atoms with Gasteiger partial charge in [-0.05, 0) is 31.5 Å². The van der Waals surface area contributed by atoms with Gasteiger partial charge < -0.3 is 0 Å². The number of ketones is 1. The molecule has 0 fully saturated rings. The molecule has 0 saturated heterocycles. The van der Waals surface area contributed by atoms with Gasteiger partial charge in [-0.3, -0.25) is 9.48 Å². The number of hydrogen-bond donors (Lipinski definition) is 0. The maximum absolute atomic E-state index is 13.6. The highest BCUT2D eigenvalue weighted by Gasteiger charge is 2.16. The van der Waals surface area contributed by atoms with Crippen molar-refractivity contribution in [2.45, 2.75) is 33.2 Å². The zero-order valence-corrected chi connectivity index (χ0v) is 11.5. The second kappa shape index (κ2) is 5.94. The third-order valence-corrected chi connectivity index (χ3v) is 3.15. The van der Waals surface area contributed by atoms with Crippen LogP contribution in [0.15, 0.2) is 24.3 Å². The van der Waals surface area contributed by atoms with Crippen molar-refractivity contribution in [3.05, 3.63) is 52.9 Å². The number of aryl methyl sites for hydroxylation is 2. The van der Waals surface area contributed by atoms with Crippen LogP contribution in [0.1, 0.15) is 35.6 Å². The molecule has 2 rings (SSSR count). The maximum atomic E-state index is 13.6. The van der Waals surface area contributed by atoms with Gasteiger partial charge in [0.2, 0.25) is 0 Å². The summed E-state index contributed by atoms with van der Waals surface area (Å²) in [5.41, 5.74) is 1.56. The predicted octanol–water partition coefficient (Wildman–Crippen LogP) is 3.17. The quantitative estimate of drug-likeness (QED) is 0.787. The minimum absolute atomic E-state index is 0.0589. The summed E-state index contributed by atoms with van der Waals surface area (Å²) < 4.78 is 28.1. The van der Waals surface area contributed by atoms with Crippen LogP contribution < -0.4 is 0 Å². The predicted molar refractivity (Wildman–Crippen MR) is 71.7 cm³/mol. The van der Waals surface area contributed by atoms with Gasteiger partial charge in [-0.2, -0.15) is 5.10 Å². The fourth-order valence-electron chi connectivity index (χ4n) is 2.08. The Balaban J connectivity index is 2.25. The number of benzene rings is 1. The average Bonchev–Trinajstić information content (AvgIpc) is 2.80. The Kier molecular flexibility index (Phi) is 4.27. The number of aromatic nitrogens is 2. The summed E-state index contributed by atoms with van der Waals surface area (Å²) in [4.78, 5) is 12.1. The lowest BCUT2D eigenvalue weighted by atomic mass is 10.1. The number of nitrogens with zero attached hydrogens (tertiary/aromatic N) is 2. The summed E-state index contributed by atoms with van der Waals surface area (Å²) >= 11 is 0. The molecule has 1 heterocycles. The number of carbonyl (C=O) groups is 1. The fourth-order valence-corrected chi connectivity index (χ4v) is 2.08. The van der Waals surface area contributed by atoms with Crippen LogP contribution in [0.5, 0.6) is 0 Å². The summed E-state index contributed by atoms with van der Waals surface area (Å²) in [6, 6.07) is 4.84. The third-order valence-electron chi connectivity index (χ3n) is 3.15. The normalized spacial score (nSPS) is 10.8. The van der Waals surface area contributed by atoms with Gasteiger partial charge in [-0.15, -0.1) is 0 Å². The van der Waals surface area contributed by atoms with Gasteiger partial charge in [0.1, 0.15) is 11.6 Å². The average molecular weight is 278 g/mol. The third kappa shape index (κ3) is 2.92. The molecule has 0 aliphatic rings. The van der Waals surface area contributed by atoms with E-state index in [4.69, 9.17) is 0 Å². The molecule has 0 N–H and O–H groups in total. The topological polar surface area (TPSA) is 34.9 Å². The van der Waals surface area contributed by atoms with Gasteiger partial charge in [0.25, 0.3) is 0 Å². The van der Waals surface area contributed by atoms with E-state index in [9.17, 15) is 13.6 Å². The largest absolute Gasteiger partial charge is 0.294 e. The monoisotopic (exact) mass is 278 g/mol. The molecule has 106 valence electrons. The van der Waals surface area contributed by atoms with E-state index in [2.05, 4.69) is 5.10 Å². The molecule has 0 saturated carbocycles. The molecule has 0 aliphatic heterocycles. The molecule has 1 aromatic heterocycles. The van der Waals surface area contributed by atoms with Gasteiger partial charge in [0, 0.05) is 18.3 Å². The molecule has 0 unspecified atom stereocenters.